The summed E-state index contributed by atoms with van der Waals surface area (Å²) in [5.41, 5.74) is 1.69. The summed E-state index contributed by atoms with van der Waals surface area (Å²) >= 11 is 26.1. The Bertz CT molecular complexity index is 1830. The van der Waals surface area contributed by atoms with Crippen molar-refractivity contribution in [2.45, 2.75) is 12.0 Å². The van der Waals surface area contributed by atoms with Gasteiger partial charge in [-0.2, -0.15) is 0 Å². The number of ketones is 3. The van der Waals surface area contributed by atoms with Gasteiger partial charge in [0.15, 0.2) is 17.3 Å². The Hall–Kier alpha value is -3.41. The lowest BCUT2D eigenvalue weighted by atomic mass is 9.58. The molecule has 1 heterocycles. The highest BCUT2D eigenvalue weighted by Gasteiger charge is 2.67. The van der Waals surface area contributed by atoms with Gasteiger partial charge in [0.05, 0.1) is 11.7 Å². The van der Waals surface area contributed by atoms with E-state index in [1.807, 2.05) is 12.1 Å². The number of benzene rings is 4. The number of carbonyl (C=O) groups excluding carboxylic acids is 3. The molecule has 0 fully saturated rings. The third kappa shape index (κ3) is 3.31. The number of allylic oxidation sites excluding steroid dienone is 1. The fourth-order valence-electron chi connectivity index (χ4n) is 6.53. The molecule has 1 spiro atoms. The van der Waals surface area contributed by atoms with Gasteiger partial charge in [-0.1, -0.05) is 107 Å². The van der Waals surface area contributed by atoms with Crippen LogP contribution >= 0.6 is 46.4 Å². The first-order valence-electron chi connectivity index (χ1n) is 12.5. The highest BCUT2D eigenvalue weighted by atomic mass is 35.5. The number of nitrogens with one attached hydrogen (secondary N) is 1. The number of hydrogen-bond donors (Lipinski definition) is 1. The number of halogens is 4. The Morgan fingerprint density at radius 1 is 0.600 bits per heavy atom. The molecule has 2 unspecified atom stereocenters. The van der Waals surface area contributed by atoms with Crippen LogP contribution in [0.2, 0.25) is 20.1 Å². The molecule has 40 heavy (non-hydrogen) atoms. The summed E-state index contributed by atoms with van der Waals surface area (Å²) in [6.45, 7) is 0. The van der Waals surface area contributed by atoms with Crippen LogP contribution in [0.4, 0.5) is 0 Å². The first kappa shape index (κ1) is 25.6. The van der Waals surface area contributed by atoms with Crippen LogP contribution in [0.1, 0.15) is 59.7 Å². The molecule has 0 bridgehead atoms. The molecule has 7 rings (SSSR count). The predicted octanol–water partition coefficient (Wildman–Crippen LogP) is 8.40. The van der Waals surface area contributed by atoms with Crippen molar-refractivity contribution >= 4 is 69.5 Å². The second kappa shape index (κ2) is 9.05. The standard InChI is InChI=1S/C32H17Cl4NO3/c33-15-9-11-21(23(35)13-15)26-25-27(17-5-1-2-6-18(17)28(25)38)37-29(22-12-10-16(34)14-24(22)36)32(26)30(39)19-7-3-4-8-20(19)31(32)40/h1-14,26,29,37H. The Balaban J connectivity index is 1.62. The second-order valence-electron chi connectivity index (χ2n) is 10.1. The van der Waals surface area contributed by atoms with E-state index in [0.717, 1.165) is 0 Å². The quantitative estimate of drug-likeness (QED) is 0.233. The molecule has 8 heteroatoms. The first-order valence-corrected chi connectivity index (χ1v) is 14.0. The zero-order valence-corrected chi connectivity index (χ0v) is 23.5. The summed E-state index contributed by atoms with van der Waals surface area (Å²) in [4.78, 5) is 43.6. The topological polar surface area (TPSA) is 63.2 Å². The van der Waals surface area contributed by atoms with Crippen LogP contribution in [0.3, 0.4) is 0 Å². The van der Waals surface area contributed by atoms with E-state index in [0.29, 0.717) is 43.6 Å². The summed E-state index contributed by atoms with van der Waals surface area (Å²) in [5, 5.41) is 4.77. The maximum Gasteiger partial charge on any atom is 0.192 e. The molecule has 0 saturated carbocycles. The maximum atomic E-state index is 14.7. The molecule has 0 aromatic heterocycles. The van der Waals surface area contributed by atoms with Gasteiger partial charge in [0.2, 0.25) is 0 Å². The molecule has 4 nitrogen and oxygen atoms in total. The molecule has 2 aliphatic carbocycles. The van der Waals surface area contributed by atoms with Crippen LogP contribution in [0.15, 0.2) is 90.5 Å². The molecule has 196 valence electrons. The van der Waals surface area contributed by atoms with E-state index in [1.165, 1.54) is 0 Å². The van der Waals surface area contributed by atoms with Gasteiger partial charge in [0.25, 0.3) is 0 Å². The molecule has 0 saturated heterocycles. The van der Waals surface area contributed by atoms with Gasteiger partial charge in [0.1, 0.15) is 5.41 Å². The summed E-state index contributed by atoms with van der Waals surface area (Å²) in [6.07, 6.45) is 0. The Labute approximate surface area is 249 Å². The lowest BCUT2D eigenvalue weighted by Gasteiger charge is -2.47. The lowest BCUT2D eigenvalue weighted by molar-refractivity contribution is 0.0583. The highest BCUT2D eigenvalue weighted by Crippen LogP contribution is 2.63. The SMILES string of the molecule is O=C1C2=C(NC(c3ccc(Cl)cc3Cl)C3(C(=O)c4ccccc4C3=O)C2c2ccc(Cl)cc2Cl)c2ccccc21. The monoisotopic (exact) mass is 603 g/mol. The smallest absolute Gasteiger partial charge is 0.192 e. The number of Topliss-reactive ketones (excluding diaryl/α,β-unsaturated/α-hetero) is 3. The van der Waals surface area contributed by atoms with Crippen LogP contribution in [0, 0.1) is 5.41 Å². The third-order valence-corrected chi connectivity index (χ3v) is 9.28. The molecule has 4 aromatic carbocycles. The van der Waals surface area contributed by atoms with Gasteiger partial charge in [0, 0.05) is 53.8 Å². The van der Waals surface area contributed by atoms with Crippen molar-refractivity contribution in [2.24, 2.45) is 5.41 Å². The minimum absolute atomic E-state index is 0.242. The van der Waals surface area contributed by atoms with Crippen molar-refractivity contribution in [3.8, 4) is 0 Å². The number of fused-ring (bicyclic) bond motifs is 3. The van der Waals surface area contributed by atoms with Gasteiger partial charge in [-0.15, -0.1) is 0 Å². The number of carbonyl (C=O) groups is 3. The average molecular weight is 605 g/mol. The minimum atomic E-state index is -1.82. The van der Waals surface area contributed by atoms with Crippen molar-refractivity contribution in [1.29, 1.82) is 0 Å². The fourth-order valence-corrected chi connectivity index (χ4v) is 7.57. The Kier molecular flexibility index (Phi) is 5.78. The molecule has 3 aliphatic rings. The van der Waals surface area contributed by atoms with Crippen molar-refractivity contribution in [2.75, 3.05) is 0 Å². The molecular formula is C32H17Cl4NO3. The van der Waals surface area contributed by atoms with Crippen LogP contribution in [0.25, 0.3) is 5.70 Å². The molecule has 0 amide bonds. The minimum Gasteiger partial charge on any atom is -0.376 e. The van der Waals surface area contributed by atoms with Crippen LogP contribution < -0.4 is 5.32 Å². The van der Waals surface area contributed by atoms with Crippen LogP contribution in [0.5, 0.6) is 0 Å². The Morgan fingerprint density at radius 3 is 1.65 bits per heavy atom. The first-order chi connectivity index (χ1) is 19.2. The van der Waals surface area contributed by atoms with Gasteiger partial charge in [-0.05, 0) is 35.4 Å². The summed E-state index contributed by atoms with van der Waals surface area (Å²) < 4.78 is 0. The fraction of sp³-hybridized carbons (Fsp3) is 0.0938. The summed E-state index contributed by atoms with van der Waals surface area (Å²) in [5.74, 6) is -2.14. The largest absolute Gasteiger partial charge is 0.376 e. The number of rotatable bonds is 2. The van der Waals surface area contributed by atoms with E-state index in [4.69, 9.17) is 46.4 Å². The Morgan fingerprint density at radius 2 is 1.10 bits per heavy atom. The molecule has 2 atom stereocenters. The molecular weight excluding hydrogens is 588 g/mol. The molecule has 1 aliphatic heterocycles. The van der Waals surface area contributed by atoms with E-state index in [1.54, 1.807) is 72.8 Å². The van der Waals surface area contributed by atoms with E-state index in [9.17, 15) is 14.4 Å². The predicted molar refractivity (Wildman–Crippen MR) is 157 cm³/mol. The van der Waals surface area contributed by atoms with Gasteiger partial charge in [-0.3, -0.25) is 14.4 Å². The second-order valence-corrected chi connectivity index (χ2v) is 11.8. The number of hydrogen-bond acceptors (Lipinski definition) is 4. The normalized spacial score (nSPS) is 20.4. The summed E-state index contributed by atoms with van der Waals surface area (Å²) in [6, 6.07) is 22.8. The van der Waals surface area contributed by atoms with E-state index in [-0.39, 0.29) is 27.0 Å². The zero-order valence-electron chi connectivity index (χ0n) is 20.5. The van der Waals surface area contributed by atoms with Gasteiger partial charge >= 0.3 is 0 Å². The van der Waals surface area contributed by atoms with Crippen molar-refractivity contribution in [3.63, 3.8) is 0 Å². The van der Waals surface area contributed by atoms with Crippen molar-refractivity contribution in [1.82, 2.24) is 5.32 Å². The zero-order chi connectivity index (χ0) is 27.9. The molecule has 4 aromatic rings. The van der Waals surface area contributed by atoms with E-state index < -0.39 is 28.9 Å². The van der Waals surface area contributed by atoms with Crippen LogP contribution in [-0.2, 0) is 0 Å². The average Bonchev–Trinajstić information content (AvgIpc) is 3.34. The maximum absolute atomic E-state index is 14.7. The van der Waals surface area contributed by atoms with Crippen molar-refractivity contribution < 1.29 is 14.4 Å². The lowest BCUT2D eigenvalue weighted by Crippen LogP contribution is -2.53. The highest BCUT2D eigenvalue weighted by molar-refractivity contribution is 6.37. The third-order valence-electron chi connectivity index (χ3n) is 8.16. The van der Waals surface area contributed by atoms with Crippen LogP contribution in [-0.4, -0.2) is 17.3 Å². The van der Waals surface area contributed by atoms with Gasteiger partial charge in [-0.25, -0.2) is 0 Å². The van der Waals surface area contributed by atoms with E-state index in [2.05, 4.69) is 5.32 Å². The molecule has 0 radical (unpaired) electrons. The van der Waals surface area contributed by atoms with Gasteiger partial charge < -0.3 is 5.32 Å². The van der Waals surface area contributed by atoms with Crippen molar-refractivity contribution in [3.05, 3.63) is 144 Å². The van der Waals surface area contributed by atoms with E-state index >= 15 is 0 Å². The molecule has 1 N–H and O–H groups in total. The summed E-state index contributed by atoms with van der Waals surface area (Å²) in [7, 11) is 0.